The molecule has 4 heteroatoms. The van der Waals surface area contributed by atoms with E-state index in [2.05, 4.69) is 53.1 Å². The summed E-state index contributed by atoms with van der Waals surface area (Å²) >= 11 is 0. The maximum Gasteiger partial charge on any atom is 0.261 e. The molecule has 0 saturated heterocycles. The quantitative estimate of drug-likeness (QED) is 0.442. The summed E-state index contributed by atoms with van der Waals surface area (Å²) in [5, 5.41) is 1.96. The van der Waals surface area contributed by atoms with E-state index in [1.165, 1.54) is 22.0 Å². The van der Waals surface area contributed by atoms with Crippen molar-refractivity contribution in [2.45, 2.75) is 25.9 Å². The van der Waals surface area contributed by atoms with Crippen LogP contribution in [0.1, 0.15) is 11.1 Å². The van der Waals surface area contributed by atoms with E-state index in [0.717, 1.165) is 36.4 Å². The highest BCUT2D eigenvalue weighted by molar-refractivity contribution is 5.92. The summed E-state index contributed by atoms with van der Waals surface area (Å²) in [6, 6.07) is 26.8. The van der Waals surface area contributed by atoms with E-state index in [0.29, 0.717) is 11.9 Å². The van der Waals surface area contributed by atoms with Gasteiger partial charge in [-0.2, -0.15) is 0 Å². The molecule has 3 heterocycles. The minimum absolute atomic E-state index is 0.0566. The van der Waals surface area contributed by atoms with Crippen molar-refractivity contribution >= 4 is 21.8 Å². The summed E-state index contributed by atoms with van der Waals surface area (Å²) in [6.45, 7) is 1.52. The third-order valence-electron chi connectivity index (χ3n) is 6.20. The molecule has 1 aliphatic rings. The van der Waals surface area contributed by atoms with E-state index in [1.807, 2.05) is 34.9 Å². The van der Waals surface area contributed by atoms with Crippen molar-refractivity contribution in [1.29, 1.82) is 0 Å². The fourth-order valence-corrected chi connectivity index (χ4v) is 4.78. The second kappa shape index (κ2) is 6.70. The van der Waals surface area contributed by atoms with Gasteiger partial charge in [0.1, 0.15) is 0 Å². The van der Waals surface area contributed by atoms with Gasteiger partial charge in [-0.05, 0) is 42.2 Å². The standard InChI is InChI=1S/C26H21N3O/c30-26-21-11-4-6-12-22(21)27-25-24-20(15-17-29(25)26)19-10-5-7-13-23(19)28(24)16-14-18-8-2-1-3-9-18/h1-13H,14-17H2. The molecule has 0 saturated carbocycles. The molecule has 30 heavy (non-hydrogen) atoms. The van der Waals surface area contributed by atoms with Crippen molar-refractivity contribution in [3.63, 3.8) is 0 Å². The Labute approximate surface area is 174 Å². The largest absolute Gasteiger partial charge is 0.337 e. The number of aryl methyl sites for hydroxylation is 3. The van der Waals surface area contributed by atoms with Crippen LogP contribution in [-0.2, 0) is 25.9 Å². The van der Waals surface area contributed by atoms with Crippen molar-refractivity contribution in [2.75, 3.05) is 0 Å². The molecule has 0 bridgehead atoms. The number of nitrogens with zero attached hydrogens (tertiary/aromatic N) is 3. The number of aromatic nitrogens is 3. The fourth-order valence-electron chi connectivity index (χ4n) is 4.78. The zero-order valence-corrected chi connectivity index (χ0v) is 16.6. The van der Waals surface area contributed by atoms with Crippen LogP contribution in [0.15, 0.2) is 83.7 Å². The van der Waals surface area contributed by atoms with Crippen molar-refractivity contribution in [3.05, 3.63) is 100 Å². The molecule has 0 radical (unpaired) electrons. The molecule has 1 aliphatic heterocycles. The summed E-state index contributed by atoms with van der Waals surface area (Å²) in [5.74, 6) is 0.796. The van der Waals surface area contributed by atoms with Crippen LogP contribution in [0.25, 0.3) is 33.3 Å². The van der Waals surface area contributed by atoms with Crippen LogP contribution < -0.4 is 5.56 Å². The van der Waals surface area contributed by atoms with Gasteiger partial charge < -0.3 is 4.57 Å². The molecule has 0 fully saturated rings. The molecule has 0 atom stereocenters. The first-order valence-electron chi connectivity index (χ1n) is 10.5. The summed E-state index contributed by atoms with van der Waals surface area (Å²) in [4.78, 5) is 18.2. The molecule has 0 amide bonds. The Bertz CT molecular complexity index is 1460. The SMILES string of the molecule is O=c1c2ccccc2nc2n1CCc1c-2n(CCc2ccccc2)c2ccccc12. The van der Waals surface area contributed by atoms with Crippen molar-refractivity contribution < 1.29 is 0 Å². The first-order valence-corrected chi connectivity index (χ1v) is 10.5. The monoisotopic (exact) mass is 391 g/mol. The maximum atomic E-state index is 13.2. The predicted molar refractivity (Wildman–Crippen MR) is 121 cm³/mol. The average molecular weight is 391 g/mol. The minimum Gasteiger partial charge on any atom is -0.337 e. The Morgan fingerprint density at radius 1 is 0.833 bits per heavy atom. The number of rotatable bonds is 3. The van der Waals surface area contributed by atoms with E-state index in [9.17, 15) is 4.79 Å². The molecule has 0 N–H and O–H groups in total. The van der Waals surface area contributed by atoms with Gasteiger partial charge >= 0.3 is 0 Å². The maximum absolute atomic E-state index is 13.2. The van der Waals surface area contributed by atoms with Gasteiger partial charge in [-0.25, -0.2) is 4.98 Å². The summed E-state index contributed by atoms with van der Waals surface area (Å²) < 4.78 is 4.23. The third kappa shape index (κ3) is 2.53. The number of benzene rings is 3. The topological polar surface area (TPSA) is 39.8 Å². The Morgan fingerprint density at radius 2 is 1.57 bits per heavy atom. The number of hydrogen-bond acceptors (Lipinski definition) is 2. The van der Waals surface area contributed by atoms with Crippen LogP contribution in [0, 0.1) is 0 Å². The second-order valence-corrected chi connectivity index (χ2v) is 7.89. The normalized spacial score (nSPS) is 12.8. The van der Waals surface area contributed by atoms with Gasteiger partial charge in [0.15, 0.2) is 5.82 Å². The van der Waals surface area contributed by atoms with Gasteiger partial charge in [0.05, 0.1) is 16.6 Å². The molecule has 3 aromatic carbocycles. The highest BCUT2D eigenvalue weighted by Crippen LogP contribution is 2.36. The Kier molecular flexibility index (Phi) is 3.85. The first kappa shape index (κ1) is 17.2. The fraction of sp³-hybridized carbons (Fsp3) is 0.154. The van der Waals surface area contributed by atoms with Gasteiger partial charge in [-0.1, -0.05) is 60.7 Å². The van der Waals surface area contributed by atoms with E-state index < -0.39 is 0 Å². The van der Waals surface area contributed by atoms with E-state index in [1.54, 1.807) is 0 Å². The highest BCUT2D eigenvalue weighted by atomic mass is 16.1. The van der Waals surface area contributed by atoms with Crippen LogP contribution in [0.2, 0.25) is 0 Å². The van der Waals surface area contributed by atoms with Crippen LogP contribution in [0.3, 0.4) is 0 Å². The van der Waals surface area contributed by atoms with Crippen LogP contribution in [-0.4, -0.2) is 14.1 Å². The van der Waals surface area contributed by atoms with Crippen LogP contribution in [0.5, 0.6) is 0 Å². The summed E-state index contributed by atoms with van der Waals surface area (Å²) in [7, 11) is 0. The van der Waals surface area contributed by atoms with Gasteiger partial charge in [0.25, 0.3) is 5.56 Å². The average Bonchev–Trinajstić information content (AvgIpc) is 3.13. The molecule has 146 valence electrons. The third-order valence-corrected chi connectivity index (χ3v) is 6.20. The summed E-state index contributed by atoms with van der Waals surface area (Å²) in [5.41, 5.74) is 5.75. The first-order chi connectivity index (χ1) is 14.8. The molecular weight excluding hydrogens is 370 g/mol. The predicted octanol–water partition coefficient (Wildman–Crippen LogP) is 4.82. The molecular formula is C26H21N3O. The molecule has 4 nitrogen and oxygen atoms in total. The van der Waals surface area contributed by atoms with E-state index >= 15 is 0 Å². The van der Waals surface area contributed by atoms with E-state index in [-0.39, 0.29) is 5.56 Å². The number of para-hydroxylation sites is 2. The molecule has 5 aromatic rings. The smallest absolute Gasteiger partial charge is 0.261 e. The number of fused-ring (bicyclic) bond motifs is 6. The van der Waals surface area contributed by atoms with Gasteiger partial charge in [-0.15, -0.1) is 0 Å². The minimum atomic E-state index is 0.0566. The van der Waals surface area contributed by atoms with Crippen molar-refractivity contribution in [3.8, 4) is 11.5 Å². The second-order valence-electron chi connectivity index (χ2n) is 7.89. The summed E-state index contributed by atoms with van der Waals surface area (Å²) in [6.07, 6.45) is 1.78. The van der Waals surface area contributed by atoms with E-state index in [4.69, 9.17) is 4.98 Å². The zero-order valence-electron chi connectivity index (χ0n) is 16.6. The number of hydrogen-bond donors (Lipinski definition) is 0. The Balaban J connectivity index is 1.60. The lowest BCUT2D eigenvalue weighted by molar-refractivity contribution is 0.633. The van der Waals surface area contributed by atoms with Crippen molar-refractivity contribution in [2.24, 2.45) is 0 Å². The van der Waals surface area contributed by atoms with Gasteiger partial charge in [-0.3, -0.25) is 9.36 Å². The molecule has 0 aliphatic carbocycles. The lowest BCUT2D eigenvalue weighted by Gasteiger charge is -2.21. The highest BCUT2D eigenvalue weighted by Gasteiger charge is 2.26. The molecule has 0 spiro atoms. The van der Waals surface area contributed by atoms with Crippen molar-refractivity contribution in [1.82, 2.24) is 14.1 Å². The molecule has 2 aromatic heterocycles. The van der Waals surface area contributed by atoms with Crippen LogP contribution >= 0.6 is 0 Å². The molecule has 0 unspecified atom stereocenters. The molecule has 6 rings (SSSR count). The lowest BCUT2D eigenvalue weighted by Crippen LogP contribution is -2.28. The van der Waals surface area contributed by atoms with Gasteiger partial charge in [0, 0.05) is 24.0 Å². The van der Waals surface area contributed by atoms with Crippen LogP contribution in [0.4, 0.5) is 0 Å². The van der Waals surface area contributed by atoms with Gasteiger partial charge in [0.2, 0.25) is 0 Å². The lowest BCUT2D eigenvalue weighted by atomic mass is 10.0. The Morgan fingerprint density at radius 3 is 2.43 bits per heavy atom. The zero-order chi connectivity index (χ0) is 20.1. The Hall–Kier alpha value is -3.66.